The van der Waals surface area contributed by atoms with Crippen LogP contribution >= 0.6 is 0 Å². The molecule has 0 saturated heterocycles. The van der Waals surface area contributed by atoms with Crippen molar-refractivity contribution < 1.29 is 14.4 Å². The van der Waals surface area contributed by atoms with Gasteiger partial charge in [-0.1, -0.05) is 23.4 Å². The lowest BCUT2D eigenvalue weighted by Crippen LogP contribution is -2.11. The van der Waals surface area contributed by atoms with Crippen molar-refractivity contribution in [1.29, 1.82) is 0 Å². The number of methoxy groups -OCH3 is 1. The lowest BCUT2D eigenvalue weighted by Gasteiger charge is -2.07. The molecule has 0 aliphatic rings. The Labute approximate surface area is 123 Å². The van der Waals surface area contributed by atoms with Gasteiger partial charge in [0, 0.05) is 17.3 Å². The summed E-state index contributed by atoms with van der Waals surface area (Å²) in [4.78, 5) is 16.7. The maximum atomic E-state index is 12.1. The van der Waals surface area contributed by atoms with Gasteiger partial charge in [-0.05, 0) is 29.8 Å². The molecular weight excluding hydrogens is 268 g/mol. The van der Waals surface area contributed by atoms with Gasteiger partial charge in [0.15, 0.2) is 0 Å². The Kier molecular flexibility index (Phi) is 4.93. The average molecular weight is 284 g/mol. The molecule has 0 saturated carbocycles. The van der Waals surface area contributed by atoms with Crippen LogP contribution in [0, 0.1) is 0 Å². The number of carbonyl (C=O) groups excluding carboxylic acids is 1. The van der Waals surface area contributed by atoms with Crippen LogP contribution < -0.4 is 10.1 Å². The molecule has 0 aliphatic heterocycles. The minimum atomic E-state index is -0.182. The zero-order valence-corrected chi connectivity index (χ0v) is 11.9. The zero-order valence-electron chi connectivity index (χ0n) is 11.9. The predicted molar refractivity (Wildman–Crippen MR) is 82.0 cm³/mol. The van der Waals surface area contributed by atoms with Crippen molar-refractivity contribution in [3.8, 4) is 5.75 Å². The third-order valence-electron chi connectivity index (χ3n) is 2.81. The first-order valence-corrected chi connectivity index (χ1v) is 6.35. The number of rotatable bonds is 5. The Bertz CT molecular complexity index is 636. The summed E-state index contributed by atoms with van der Waals surface area (Å²) in [6, 6.07) is 14.3. The van der Waals surface area contributed by atoms with Gasteiger partial charge in [0.2, 0.25) is 0 Å². The van der Waals surface area contributed by atoms with Crippen molar-refractivity contribution in [2.45, 2.75) is 0 Å². The number of nitrogens with zero attached hydrogens (tertiary/aromatic N) is 1. The van der Waals surface area contributed by atoms with E-state index in [9.17, 15) is 4.79 Å². The molecule has 0 bridgehead atoms. The number of amides is 1. The summed E-state index contributed by atoms with van der Waals surface area (Å²) in [5, 5.41) is 6.48. The van der Waals surface area contributed by atoms with Gasteiger partial charge in [-0.2, -0.15) is 0 Å². The molecule has 1 amide bonds. The first kappa shape index (κ1) is 14.6. The fraction of sp³-hybridized carbons (Fsp3) is 0.125. The number of nitrogens with one attached hydrogen (secondary N) is 1. The highest BCUT2D eigenvalue weighted by atomic mass is 16.6. The van der Waals surface area contributed by atoms with Crippen LogP contribution in [0.1, 0.15) is 15.9 Å². The Morgan fingerprint density at radius 2 is 1.90 bits per heavy atom. The molecule has 0 aromatic heterocycles. The van der Waals surface area contributed by atoms with Gasteiger partial charge in [0.05, 0.1) is 13.3 Å². The molecule has 0 radical (unpaired) electrons. The fourth-order valence-electron chi connectivity index (χ4n) is 1.74. The predicted octanol–water partition coefficient (Wildman–Crippen LogP) is 2.93. The molecule has 5 nitrogen and oxygen atoms in total. The molecule has 0 aliphatic carbocycles. The van der Waals surface area contributed by atoms with Crippen molar-refractivity contribution in [1.82, 2.24) is 0 Å². The van der Waals surface area contributed by atoms with Crippen LogP contribution in [0.15, 0.2) is 53.7 Å². The normalized spacial score (nSPS) is 10.4. The minimum Gasteiger partial charge on any atom is -0.497 e. The summed E-state index contributed by atoms with van der Waals surface area (Å²) in [6.45, 7) is 0. The number of anilines is 1. The van der Waals surface area contributed by atoms with Gasteiger partial charge in [-0.3, -0.25) is 4.79 Å². The number of hydrogen-bond acceptors (Lipinski definition) is 4. The summed E-state index contributed by atoms with van der Waals surface area (Å²) in [5.74, 6) is 0.511. The highest BCUT2D eigenvalue weighted by Gasteiger charge is 2.06. The molecule has 0 unspecified atom stereocenters. The first-order valence-electron chi connectivity index (χ1n) is 6.35. The molecule has 21 heavy (non-hydrogen) atoms. The first-order chi connectivity index (χ1) is 10.2. The third-order valence-corrected chi connectivity index (χ3v) is 2.81. The van der Waals surface area contributed by atoms with Crippen molar-refractivity contribution in [2.75, 3.05) is 19.5 Å². The molecule has 0 atom stereocenters. The van der Waals surface area contributed by atoms with Crippen LogP contribution in [0.2, 0.25) is 0 Å². The van der Waals surface area contributed by atoms with E-state index in [1.165, 1.54) is 7.11 Å². The monoisotopic (exact) mass is 284 g/mol. The topological polar surface area (TPSA) is 59.9 Å². The quantitative estimate of drug-likeness (QED) is 0.678. The maximum Gasteiger partial charge on any atom is 0.255 e. The molecule has 0 fully saturated rings. The minimum absolute atomic E-state index is 0.182. The van der Waals surface area contributed by atoms with Crippen molar-refractivity contribution in [3.63, 3.8) is 0 Å². The van der Waals surface area contributed by atoms with Crippen molar-refractivity contribution >= 4 is 17.8 Å². The number of oxime groups is 1. The number of carbonyl (C=O) groups is 1. The second-order valence-corrected chi connectivity index (χ2v) is 4.23. The second kappa shape index (κ2) is 7.09. The van der Waals surface area contributed by atoms with E-state index in [0.717, 1.165) is 5.56 Å². The molecule has 0 heterocycles. The Morgan fingerprint density at radius 3 is 2.57 bits per heavy atom. The van der Waals surface area contributed by atoms with Crippen LogP contribution in [-0.2, 0) is 4.84 Å². The molecule has 2 aromatic rings. The van der Waals surface area contributed by atoms with E-state index in [4.69, 9.17) is 4.74 Å². The Morgan fingerprint density at radius 1 is 1.14 bits per heavy atom. The highest BCUT2D eigenvalue weighted by molar-refractivity contribution is 6.04. The molecular formula is C16H16N2O3. The van der Waals surface area contributed by atoms with E-state index >= 15 is 0 Å². The van der Waals surface area contributed by atoms with Gasteiger partial charge in [0.1, 0.15) is 12.9 Å². The van der Waals surface area contributed by atoms with Crippen LogP contribution in [0.3, 0.4) is 0 Å². The van der Waals surface area contributed by atoms with E-state index in [1.54, 1.807) is 49.7 Å². The number of ether oxygens (including phenoxy) is 1. The molecule has 2 aromatic carbocycles. The lowest BCUT2D eigenvalue weighted by atomic mass is 10.1. The van der Waals surface area contributed by atoms with E-state index < -0.39 is 0 Å². The van der Waals surface area contributed by atoms with Crippen LogP contribution in [0.4, 0.5) is 5.69 Å². The van der Waals surface area contributed by atoms with Crippen LogP contribution in [0.5, 0.6) is 5.75 Å². The smallest absolute Gasteiger partial charge is 0.255 e. The van der Waals surface area contributed by atoms with Gasteiger partial charge in [-0.25, -0.2) is 0 Å². The summed E-state index contributed by atoms with van der Waals surface area (Å²) in [7, 11) is 3.06. The maximum absolute atomic E-state index is 12.1. The zero-order chi connectivity index (χ0) is 15.1. The second-order valence-electron chi connectivity index (χ2n) is 4.23. The molecule has 5 heteroatoms. The lowest BCUT2D eigenvalue weighted by molar-refractivity contribution is 0.102. The van der Waals surface area contributed by atoms with E-state index in [1.807, 2.05) is 12.1 Å². The van der Waals surface area contributed by atoms with Gasteiger partial charge >= 0.3 is 0 Å². The molecule has 0 spiro atoms. The highest BCUT2D eigenvalue weighted by Crippen LogP contribution is 2.17. The SMILES string of the molecule is CO/N=C/c1ccc(C(=O)Nc2cccc(OC)c2)cc1. The molecule has 1 N–H and O–H groups in total. The average Bonchev–Trinajstić information content (AvgIpc) is 2.53. The third kappa shape index (κ3) is 4.07. The van der Waals surface area contributed by atoms with Crippen molar-refractivity contribution in [2.24, 2.45) is 5.16 Å². The standard InChI is InChI=1S/C16H16N2O3/c1-20-15-5-3-4-14(10-15)18-16(19)13-8-6-12(7-9-13)11-17-21-2/h3-11H,1-2H3,(H,18,19)/b17-11+. The summed E-state index contributed by atoms with van der Waals surface area (Å²) < 4.78 is 5.12. The van der Waals surface area contributed by atoms with Crippen molar-refractivity contribution in [3.05, 3.63) is 59.7 Å². The largest absolute Gasteiger partial charge is 0.497 e. The van der Waals surface area contributed by atoms with E-state index in [0.29, 0.717) is 17.0 Å². The van der Waals surface area contributed by atoms with Gasteiger partial charge in [-0.15, -0.1) is 0 Å². The van der Waals surface area contributed by atoms with Crippen LogP contribution in [0.25, 0.3) is 0 Å². The summed E-state index contributed by atoms with van der Waals surface area (Å²) >= 11 is 0. The van der Waals surface area contributed by atoms with Gasteiger partial charge in [0.25, 0.3) is 5.91 Å². The Hall–Kier alpha value is -2.82. The Balaban J connectivity index is 2.07. The molecule has 108 valence electrons. The summed E-state index contributed by atoms with van der Waals surface area (Å²) in [6.07, 6.45) is 1.57. The fourth-order valence-corrected chi connectivity index (χ4v) is 1.74. The molecule has 2 rings (SSSR count). The number of hydrogen-bond donors (Lipinski definition) is 1. The van der Waals surface area contributed by atoms with E-state index in [2.05, 4.69) is 15.3 Å². The summed E-state index contributed by atoms with van der Waals surface area (Å²) in [5.41, 5.74) is 2.10. The van der Waals surface area contributed by atoms with Crippen LogP contribution in [-0.4, -0.2) is 26.3 Å². The number of benzene rings is 2. The van der Waals surface area contributed by atoms with E-state index in [-0.39, 0.29) is 5.91 Å². The van der Waals surface area contributed by atoms with Gasteiger partial charge < -0.3 is 14.9 Å².